The van der Waals surface area contributed by atoms with E-state index in [1.807, 2.05) is 0 Å². The summed E-state index contributed by atoms with van der Waals surface area (Å²) in [6.07, 6.45) is 1.17. The third-order valence-electron chi connectivity index (χ3n) is 2.31. The molecule has 0 atom stereocenters. The van der Waals surface area contributed by atoms with Crippen LogP contribution in [0.1, 0.15) is 17.4 Å². The zero-order valence-electron chi connectivity index (χ0n) is 10.5. The molecular weight excluding hydrogens is 274 g/mol. The van der Waals surface area contributed by atoms with E-state index in [0.29, 0.717) is 6.54 Å². The molecule has 0 fully saturated rings. The number of carbonyl (C=O) groups is 2. The number of hydrogen-bond donors (Lipinski definition) is 3. The molecule has 1 heterocycles. The SMILES string of the molecule is CCNC(=O)CNS(=O)(=O)c1cc(C(=O)O)n(C)c1. The number of carboxylic acids is 1. The van der Waals surface area contributed by atoms with Crippen LogP contribution in [0.15, 0.2) is 17.2 Å². The summed E-state index contributed by atoms with van der Waals surface area (Å²) in [5.41, 5.74) is -0.154. The average molecular weight is 289 g/mol. The van der Waals surface area contributed by atoms with Crippen molar-refractivity contribution in [1.82, 2.24) is 14.6 Å². The number of likely N-dealkylation sites (N-methyl/N-ethyl adjacent to an activating group) is 1. The van der Waals surface area contributed by atoms with Crippen molar-refractivity contribution in [2.45, 2.75) is 11.8 Å². The molecule has 1 amide bonds. The van der Waals surface area contributed by atoms with Crippen LogP contribution >= 0.6 is 0 Å². The molecular formula is C10H15N3O5S. The topological polar surface area (TPSA) is 118 Å². The molecule has 1 rings (SSSR count). The molecule has 19 heavy (non-hydrogen) atoms. The van der Waals surface area contributed by atoms with Crippen LogP contribution < -0.4 is 10.0 Å². The fourth-order valence-corrected chi connectivity index (χ4v) is 2.45. The normalized spacial score (nSPS) is 11.3. The summed E-state index contributed by atoms with van der Waals surface area (Å²) in [5, 5.41) is 11.3. The Labute approximate surface area is 110 Å². The van der Waals surface area contributed by atoms with Crippen molar-refractivity contribution in [3.8, 4) is 0 Å². The van der Waals surface area contributed by atoms with Crippen LogP contribution in [0.3, 0.4) is 0 Å². The van der Waals surface area contributed by atoms with Crippen LogP contribution in [-0.4, -0.2) is 43.1 Å². The van der Waals surface area contributed by atoms with E-state index in [4.69, 9.17) is 5.11 Å². The third kappa shape index (κ3) is 3.80. The van der Waals surface area contributed by atoms with Crippen molar-refractivity contribution >= 4 is 21.9 Å². The van der Waals surface area contributed by atoms with Crippen molar-refractivity contribution in [3.05, 3.63) is 18.0 Å². The number of aryl methyl sites for hydroxylation is 1. The summed E-state index contributed by atoms with van der Waals surface area (Å²) in [4.78, 5) is 21.8. The Morgan fingerprint density at radius 1 is 1.42 bits per heavy atom. The second kappa shape index (κ2) is 5.85. The van der Waals surface area contributed by atoms with Gasteiger partial charge in [0.25, 0.3) is 0 Å². The molecule has 0 bridgehead atoms. The molecule has 8 nitrogen and oxygen atoms in total. The molecule has 1 aromatic heterocycles. The van der Waals surface area contributed by atoms with E-state index in [2.05, 4.69) is 10.0 Å². The van der Waals surface area contributed by atoms with Crippen LogP contribution in [0.2, 0.25) is 0 Å². The molecule has 0 saturated heterocycles. The number of amides is 1. The summed E-state index contributed by atoms with van der Waals surface area (Å²) in [5.74, 6) is -1.69. The molecule has 0 spiro atoms. The van der Waals surface area contributed by atoms with E-state index < -0.39 is 28.4 Å². The van der Waals surface area contributed by atoms with Gasteiger partial charge in [0, 0.05) is 19.8 Å². The standard InChI is InChI=1S/C10H15N3O5S/c1-3-11-9(14)5-12-19(17,18)7-4-8(10(15)16)13(2)6-7/h4,6,12H,3,5H2,1-2H3,(H,11,14)(H,15,16). The van der Waals surface area contributed by atoms with Crippen molar-refractivity contribution in [2.75, 3.05) is 13.1 Å². The van der Waals surface area contributed by atoms with Crippen molar-refractivity contribution in [1.29, 1.82) is 0 Å². The summed E-state index contributed by atoms with van der Waals surface area (Å²) >= 11 is 0. The third-order valence-corrected chi connectivity index (χ3v) is 3.67. The van der Waals surface area contributed by atoms with E-state index in [0.717, 1.165) is 6.07 Å². The molecule has 1 aromatic rings. The maximum Gasteiger partial charge on any atom is 0.352 e. The first-order valence-electron chi connectivity index (χ1n) is 5.44. The van der Waals surface area contributed by atoms with Gasteiger partial charge in [-0.2, -0.15) is 0 Å². The second-order valence-electron chi connectivity index (χ2n) is 3.76. The van der Waals surface area contributed by atoms with Crippen LogP contribution in [0.25, 0.3) is 0 Å². The molecule has 0 aromatic carbocycles. The predicted octanol–water partition coefficient (Wildman–Crippen LogP) is -0.862. The minimum Gasteiger partial charge on any atom is -0.477 e. The summed E-state index contributed by atoms with van der Waals surface area (Å²) in [7, 11) is -2.48. The highest BCUT2D eigenvalue weighted by atomic mass is 32.2. The van der Waals surface area contributed by atoms with Crippen LogP contribution in [-0.2, 0) is 21.9 Å². The molecule has 0 unspecified atom stereocenters. The Kier molecular flexibility index (Phi) is 4.67. The average Bonchev–Trinajstić information content (AvgIpc) is 2.70. The molecule has 0 aliphatic carbocycles. The number of sulfonamides is 1. The first kappa shape index (κ1) is 15.2. The van der Waals surface area contributed by atoms with Crippen LogP contribution in [0.4, 0.5) is 0 Å². The summed E-state index contributed by atoms with van der Waals surface area (Å²) in [6.45, 7) is 1.71. The molecule has 0 saturated carbocycles. The van der Waals surface area contributed by atoms with Gasteiger partial charge in [0.2, 0.25) is 15.9 Å². The van der Waals surface area contributed by atoms with Gasteiger partial charge >= 0.3 is 5.97 Å². The lowest BCUT2D eigenvalue weighted by Crippen LogP contribution is -2.36. The van der Waals surface area contributed by atoms with E-state index >= 15 is 0 Å². The fourth-order valence-electron chi connectivity index (χ4n) is 1.40. The quantitative estimate of drug-likeness (QED) is 0.629. The van der Waals surface area contributed by atoms with Gasteiger partial charge in [-0.05, 0) is 13.0 Å². The first-order valence-corrected chi connectivity index (χ1v) is 6.92. The van der Waals surface area contributed by atoms with Crippen LogP contribution in [0, 0.1) is 0 Å². The van der Waals surface area contributed by atoms with Gasteiger partial charge in [0.05, 0.1) is 6.54 Å². The largest absolute Gasteiger partial charge is 0.477 e. The maximum absolute atomic E-state index is 11.8. The van der Waals surface area contributed by atoms with Gasteiger partial charge < -0.3 is 15.0 Å². The van der Waals surface area contributed by atoms with E-state index in [9.17, 15) is 18.0 Å². The van der Waals surface area contributed by atoms with Gasteiger partial charge in [-0.3, -0.25) is 4.79 Å². The van der Waals surface area contributed by atoms with Gasteiger partial charge in [-0.25, -0.2) is 17.9 Å². The zero-order valence-corrected chi connectivity index (χ0v) is 11.3. The van der Waals surface area contributed by atoms with Gasteiger partial charge in [0.15, 0.2) is 0 Å². The Morgan fingerprint density at radius 3 is 2.53 bits per heavy atom. The highest BCUT2D eigenvalue weighted by Gasteiger charge is 2.20. The monoisotopic (exact) mass is 289 g/mol. The fraction of sp³-hybridized carbons (Fsp3) is 0.400. The van der Waals surface area contributed by atoms with E-state index in [1.54, 1.807) is 6.92 Å². The number of aromatic carboxylic acids is 1. The van der Waals surface area contributed by atoms with Crippen LogP contribution in [0.5, 0.6) is 0 Å². The smallest absolute Gasteiger partial charge is 0.352 e. The number of aromatic nitrogens is 1. The number of carboxylic acid groups (broad SMARTS) is 1. The van der Waals surface area contributed by atoms with Crippen molar-refractivity contribution in [2.24, 2.45) is 7.05 Å². The van der Waals surface area contributed by atoms with E-state index in [-0.39, 0.29) is 10.6 Å². The molecule has 106 valence electrons. The highest BCUT2D eigenvalue weighted by molar-refractivity contribution is 7.89. The maximum atomic E-state index is 11.8. The molecule has 0 aliphatic rings. The second-order valence-corrected chi connectivity index (χ2v) is 5.52. The number of carbonyl (C=O) groups excluding carboxylic acids is 1. The Balaban J connectivity index is 2.86. The van der Waals surface area contributed by atoms with Crippen molar-refractivity contribution < 1.29 is 23.1 Å². The molecule has 3 N–H and O–H groups in total. The lowest BCUT2D eigenvalue weighted by atomic mass is 10.4. The lowest BCUT2D eigenvalue weighted by Gasteiger charge is -2.04. The summed E-state index contributed by atoms with van der Waals surface area (Å²) < 4.78 is 26.9. The lowest BCUT2D eigenvalue weighted by molar-refractivity contribution is -0.119. The minimum atomic E-state index is -3.90. The number of nitrogens with one attached hydrogen (secondary N) is 2. The Morgan fingerprint density at radius 2 is 2.05 bits per heavy atom. The van der Waals surface area contributed by atoms with E-state index in [1.165, 1.54) is 17.8 Å². The number of nitrogens with zero attached hydrogens (tertiary/aromatic N) is 1. The minimum absolute atomic E-state index is 0.154. The van der Waals surface area contributed by atoms with Crippen molar-refractivity contribution in [3.63, 3.8) is 0 Å². The molecule has 9 heteroatoms. The number of hydrogen-bond acceptors (Lipinski definition) is 4. The Hall–Kier alpha value is -1.87. The summed E-state index contributed by atoms with van der Waals surface area (Å²) in [6, 6.07) is 1.03. The van der Waals surface area contributed by atoms with Gasteiger partial charge in [-0.1, -0.05) is 0 Å². The number of rotatable bonds is 6. The highest BCUT2D eigenvalue weighted by Crippen LogP contribution is 2.13. The Bertz CT molecular complexity index is 590. The zero-order chi connectivity index (χ0) is 14.6. The first-order chi connectivity index (χ1) is 8.77. The molecule has 0 radical (unpaired) electrons. The predicted molar refractivity (Wildman–Crippen MR) is 66.2 cm³/mol. The van der Waals surface area contributed by atoms with Gasteiger partial charge in [-0.15, -0.1) is 0 Å². The molecule has 0 aliphatic heterocycles. The van der Waals surface area contributed by atoms with Gasteiger partial charge in [0.1, 0.15) is 10.6 Å².